The van der Waals surface area contributed by atoms with Gasteiger partial charge in [-0.3, -0.25) is 14.9 Å². The number of nitrogens with one attached hydrogen (secondary N) is 2. The number of halogens is 1. The maximum Gasteiger partial charge on any atom is 0.251 e. The van der Waals surface area contributed by atoms with E-state index in [1.165, 1.54) is 10.6 Å². The fourth-order valence-electron chi connectivity index (χ4n) is 3.65. The van der Waals surface area contributed by atoms with Gasteiger partial charge in [-0.05, 0) is 55.2 Å². The molecule has 0 unspecified atom stereocenters. The van der Waals surface area contributed by atoms with Crippen molar-refractivity contribution in [2.45, 2.75) is 19.3 Å². The number of nitrogens with zero attached hydrogens (tertiary/aromatic N) is 3. The smallest absolute Gasteiger partial charge is 0.251 e. The molecule has 2 heterocycles. The first-order valence-electron chi connectivity index (χ1n) is 10.9. The van der Waals surface area contributed by atoms with Crippen LogP contribution in [0.1, 0.15) is 28.8 Å². The number of benzene rings is 2. The summed E-state index contributed by atoms with van der Waals surface area (Å²) in [5, 5.41) is 9.87. The van der Waals surface area contributed by atoms with Crippen LogP contribution in [-0.4, -0.2) is 33.0 Å². The minimum atomic E-state index is -0.544. The quantitative estimate of drug-likeness (QED) is 0.454. The maximum atomic E-state index is 15.0. The molecule has 1 aliphatic carbocycles. The van der Waals surface area contributed by atoms with E-state index in [0.29, 0.717) is 24.3 Å². The molecule has 0 saturated heterocycles. The molecule has 2 aromatic carbocycles. The van der Waals surface area contributed by atoms with Crippen LogP contribution in [0, 0.1) is 11.7 Å². The predicted molar refractivity (Wildman–Crippen MR) is 122 cm³/mol. The number of pyridine rings is 1. The number of carbonyl (C=O) groups is 2. The molecule has 8 heteroatoms. The van der Waals surface area contributed by atoms with Crippen molar-refractivity contribution < 1.29 is 14.0 Å². The average Bonchev–Trinajstić information content (AvgIpc) is 3.59. The molecule has 166 valence electrons. The normalized spacial score (nSPS) is 13.1. The molecule has 1 saturated carbocycles. The summed E-state index contributed by atoms with van der Waals surface area (Å²) in [6.07, 6.45) is 2.45. The second-order valence-electron chi connectivity index (χ2n) is 8.07. The second-order valence-corrected chi connectivity index (χ2v) is 8.07. The van der Waals surface area contributed by atoms with Crippen molar-refractivity contribution in [3.05, 3.63) is 83.7 Å². The minimum Gasteiger partial charge on any atom is -0.352 e. The number of hydrogen-bond acceptors (Lipinski definition) is 4. The highest BCUT2D eigenvalue weighted by Gasteiger charge is 2.30. The van der Waals surface area contributed by atoms with E-state index in [0.717, 1.165) is 18.4 Å². The Morgan fingerprint density at radius 3 is 2.61 bits per heavy atom. The van der Waals surface area contributed by atoms with Gasteiger partial charge in [0.2, 0.25) is 11.9 Å². The Hall–Kier alpha value is -4.07. The van der Waals surface area contributed by atoms with Crippen LogP contribution in [0.25, 0.3) is 16.9 Å². The summed E-state index contributed by atoms with van der Waals surface area (Å²) >= 11 is 0. The Morgan fingerprint density at radius 2 is 1.85 bits per heavy atom. The number of anilines is 1. The van der Waals surface area contributed by atoms with E-state index < -0.39 is 5.82 Å². The summed E-state index contributed by atoms with van der Waals surface area (Å²) in [5.41, 5.74) is 2.60. The topological polar surface area (TPSA) is 88.4 Å². The van der Waals surface area contributed by atoms with Crippen molar-refractivity contribution in [2.24, 2.45) is 5.92 Å². The van der Waals surface area contributed by atoms with Crippen LogP contribution in [0.15, 0.2) is 66.7 Å². The maximum absolute atomic E-state index is 15.0. The van der Waals surface area contributed by atoms with Crippen molar-refractivity contribution in [1.82, 2.24) is 19.9 Å². The Labute approximate surface area is 189 Å². The van der Waals surface area contributed by atoms with Crippen molar-refractivity contribution in [2.75, 3.05) is 11.9 Å². The zero-order valence-corrected chi connectivity index (χ0v) is 17.8. The zero-order chi connectivity index (χ0) is 22.8. The predicted octanol–water partition coefficient (Wildman–Crippen LogP) is 3.86. The van der Waals surface area contributed by atoms with Gasteiger partial charge >= 0.3 is 0 Å². The number of hydrogen-bond donors (Lipinski definition) is 2. The van der Waals surface area contributed by atoms with Gasteiger partial charge in [0.05, 0.1) is 5.69 Å². The first-order valence-corrected chi connectivity index (χ1v) is 10.9. The molecule has 7 nitrogen and oxygen atoms in total. The summed E-state index contributed by atoms with van der Waals surface area (Å²) in [6.45, 7) is 0.458. The number of rotatable bonds is 7. The summed E-state index contributed by atoms with van der Waals surface area (Å²) in [4.78, 5) is 28.8. The number of carbonyl (C=O) groups excluding carboxylic acids is 2. The van der Waals surface area contributed by atoms with Gasteiger partial charge in [-0.1, -0.05) is 36.4 Å². The van der Waals surface area contributed by atoms with Crippen LogP contribution >= 0.6 is 0 Å². The summed E-state index contributed by atoms with van der Waals surface area (Å²) in [7, 11) is 0. The SMILES string of the molecule is O=C(NCCc1ccccc1)c1ccc(-c2cccc3nc(NC(=O)C4CC4)nn23)c(F)c1. The Morgan fingerprint density at radius 1 is 1.03 bits per heavy atom. The lowest BCUT2D eigenvalue weighted by molar-refractivity contribution is -0.117. The van der Waals surface area contributed by atoms with Gasteiger partial charge in [-0.15, -0.1) is 5.10 Å². The molecule has 5 rings (SSSR count). The lowest BCUT2D eigenvalue weighted by atomic mass is 10.1. The lowest BCUT2D eigenvalue weighted by Gasteiger charge is -2.09. The second kappa shape index (κ2) is 8.82. The molecule has 0 atom stereocenters. The van der Waals surface area contributed by atoms with E-state index in [1.54, 1.807) is 30.3 Å². The van der Waals surface area contributed by atoms with Crippen LogP contribution in [0.3, 0.4) is 0 Å². The van der Waals surface area contributed by atoms with Crippen LogP contribution in [0.2, 0.25) is 0 Å². The van der Waals surface area contributed by atoms with Crippen LogP contribution in [0.4, 0.5) is 10.3 Å². The van der Waals surface area contributed by atoms with Gasteiger partial charge in [0.25, 0.3) is 5.91 Å². The molecule has 33 heavy (non-hydrogen) atoms. The van der Waals surface area contributed by atoms with E-state index >= 15 is 4.39 Å². The van der Waals surface area contributed by atoms with Crippen LogP contribution < -0.4 is 10.6 Å². The van der Waals surface area contributed by atoms with E-state index in [4.69, 9.17) is 0 Å². The monoisotopic (exact) mass is 443 g/mol. The number of amides is 2. The van der Waals surface area contributed by atoms with Crippen LogP contribution in [-0.2, 0) is 11.2 Å². The fourth-order valence-corrected chi connectivity index (χ4v) is 3.65. The Kier molecular flexibility index (Phi) is 5.56. The number of aromatic nitrogens is 3. The number of fused-ring (bicyclic) bond motifs is 1. The first kappa shape index (κ1) is 20.8. The van der Waals surface area contributed by atoms with E-state index in [9.17, 15) is 9.59 Å². The zero-order valence-electron chi connectivity index (χ0n) is 17.8. The molecule has 2 N–H and O–H groups in total. The Balaban J connectivity index is 1.32. The van der Waals surface area contributed by atoms with Gasteiger partial charge in [-0.25, -0.2) is 8.91 Å². The van der Waals surface area contributed by atoms with Gasteiger partial charge in [0, 0.05) is 23.6 Å². The highest BCUT2D eigenvalue weighted by atomic mass is 19.1. The van der Waals surface area contributed by atoms with Gasteiger partial charge < -0.3 is 5.32 Å². The molecular weight excluding hydrogens is 421 g/mol. The molecule has 0 radical (unpaired) electrons. The standard InChI is InChI=1S/C25H22FN5O2/c26-20-15-18(23(32)27-14-13-16-5-2-1-3-6-16)11-12-19(20)21-7-4-8-22-28-25(30-31(21)22)29-24(33)17-9-10-17/h1-8,11-12,15,17H,9-10,13-14H2,(H,27,32)(H,29,30,33). The largest absolute Gasteiger partial charge is 0.352 e. The summed E-state index contributed by atoms with van der Waals surface area (Å²) < 4.78 is 16.5. The minimum absolute atomic E-state index is 0.0277. The van der Waals surface area contributed by atoms with Gasteiger partial charge in [0.15, 0.2) is 5.65 Å². The Bertz CT molecular complexity index is 1330. The third kappa shape index (κ3) is 4.59. The van der Waals surface area contributed by atoms with Gasteiger partial charge in [-0.2, -0.15) is 4.98 Å². The molecule has 2 amide bonds. The third-order valence-electron chi connectivity index (χ3n) is 5.59. The molecule has 1 fully saturated rings. The van der Waals surface area contributed by atoms with Crippen molar-refractivity contribution in [1.29, 1.82) is 0 Å². The van der Waals surface area contributed by atoms with Crippen molar-refractivity contribution in [3.8, 4) is 11.3 Å². The molecule has 4 aromatic rings. The van der Waals surface area contributed by atoms with E-state index in [1.807, 2.05) is 30.3 Å². The molecule has 0 spiro atoms. The van der Waals surface area contributed by atoms with E-state index in [-0.39, 0.29) is 34.8 Å². The average molecular weight is 443 g/mol. The van der Waals surface area contributed by atoms with E-state index in [2.05, 4.69) is 20.7 Å². The third-order valence-corrected chi connectivity index (χ3v) is 5.59. The van der Waals surface area contributed by atoms with Crippen molar-refractivity contribution in [3.63, 3.8) is 0 Å². The summed E-state index contributed by atoms with van der Waals surface area (Å²) in [6, 6.07) is 19.4. The highest BCUT2D eigenvalue weighted by molar-refractivity contribution is 5.95. The molecule has 0 bridgehead atoms. The molecular formula is C25H22FN5O2. The molecule has 0 aliphatic heterocycles. The molecule has 2 aromatic heterocycles. The van der Waals surface area contributed by atoms with Crippen LogP contribution in [0.5, 0.6) is 0 Å². The summed E-state index contributed by atoms with van der Waals surface area (Å²) in [5.74, 6) is -0.756. The fraction of sp³-hybridized carbons (Fsp3) is 0.200. The first-order chi connectivity index (χ1) is 16.1. The lowest BCUT2D eigenvalue weighted by Crippen LogP contribution is -2.25. The molecule has 1 aliphatic rings. The van der Waals surface area contributed by atoms with Crippen molar-refractivity contribution >= 4 is 23.4 Å². The van der Waals surface area contributed by atoms with Gasteiger partial charge in [0.1, 0.15) is 5.82 Å². The highest BCUT2D eigenvalue weighted by Crippen LogP contribution is 2.30.